The van der Waals surface area contributed by atoms with E-state index in [4.69, 9.17) is 4.74 Å². The van der Waals surface area contributed by atoms with Crippen molar-refractivity contribution < 1.29 is 23.5 Å². The van der Waals surface area contributed by atoms with Gasteiger partial charge in [0.25, 0.3) is 0 Å². The maximum absolute atomic E-state index is 14.8. The summed E-state index contributed by atoms with van der Waals surface area (Å²) in [5, 5.41) is 2.61. The minimum Gasteiger partial charge on any atom is -0.442 e. The Labute approximate surface area is 156 Å². The molecule has 1 aliphatic carbocycles. The molecule has 2 bridgehead atoms. The first-order chi connectivity index (χ1) is 12.9. The maximum atomic E-state index is 14.8. The predicted molar refractivity (Wildman–Crippen MR) is 96.1 cm³/mol. The van der Waals surface area contributed by atoms with Gasteiger partial charge in [-0.1, -0.05) is 0 Å². The molecule has 2 aliphatic heterocycles. The number of Topliss-reactive ketones (excluding diaryl/α,β-unsaturated/α-hetero) is 1. The molecular weight excluding hydrogens is 353 g/mol. The molecule has 7 nitrogen and oxygen atoms in total. The van der Waals surface area contributed by atoms with Crippen molar-refractivity contribution in [2.24, 2.45) is 11.8 Å². The van der Waals surface area contributed by atoms with Crippen LogP contribution in [-0.4, -0.2) is 50.1 Å². The monoisotopic (exact) mass is 375 g/mol. The molecule has 0 spiro atoms. The molecule has 0 radical (unpaired) electrons. The van der Waals surface area contributed by atoms with Crippen LogP contribution in [0.3, 0.4) is 0 Å². The number of fused-ring (bicyclic) bond motifs is 2. The number of cyclic esters (lactones) is 1. The number of carbonyl (C=O) groups is 3. The van der Waals surface area contributed by atoms with Gasteiger partial charge in [-0.05, 0) is 31.0 Å². The fraction of sp³-hybridized carbons (Fsp3) is 0.526. The molecule has 1 aromatic rings. The van der Waals surface area contributed by atoms with Crippen LogP contribution in [0.4, 0.5) is 20.6 Å². The number of hydrogen-bond acceptors (Lipinski definition) is 5. The summed E-state index contributed by atoms with van der Waals surface area (Å²) in [7, 11) is 0. The Balaban J connectivity index is 1.47. The van der Waals surface area contributed by atoms with Crippen LogP contribution < -0.4 is 15.1 Å². The molecule has 2 amide bonds. The van der Waals surface area contributed by atoms with Crippen molar-refractivity contribution in [1.29, 1.82) is 0 Å². The van der Waals surface area contributed by atoms with Crippen LogP contribution in [0.1, 0.15) is 19.8 Å². The highest BCUT2D eigenvalue weighted by Gasteiger charge is 2.41. The number of rotatable bonds is 4. The van der Waals surface area contributed by atoms with Gasteiger partial charge in [0.15, 0.2) is 0 Å². The van der Waals surface area contributed by atoms with Gasteiger partial charge in [0.1, 0.15) is 17.7 Å². The summed E-state index contributed by atoms with van der Waals surface area (Å²) < 4.78 is 20.0. The zero-order valence-corrected chi connectivity index (χ0v) is 15.1. The van der Waals surface area contributed by atoms with Gasteiger partial charge in [-0.3, -0.25) is 14.5 Å². The Morgan fingerprint density at radius 2 is 1.93 bits per heavy atom. The van der Waals surface area contributed by atoms with E-state index in [1.165, 1.54) is 17.9 Å². The fourth-order valence-corrected chi connectivity index (χ4v) is 4.20. The summed E-state index contributed by atoms with van der Waals surface area (Å²) >= 11 is 0. The van der Waals surface area contributed by atoms with Crippen LogP contribution in [0.2, 0.25) is 0 Å². The first-order valence-corrected chi connectivity index (χ1v) is 9.23. The summed E-state index contributed by atoms with van der Waals surface area (Å²) in [6.45, 7) is 2.97. The van der Waals surface area contributed by atoms with Crippen LogP contribution in [0.25, 0.3) is 0 Å². The van der Waals surface area contributed by atoms with Crippen molar-refractivity contribution in [2.45, 2.75) is 25.9 Å². The first-order valence-electron chi connectivity index (χ1n) is 9.23. The lowest BCUT2D eigenvalue weighted by atomic mass is 9.96. The summed E-state index contributed by atoms with van der Waals surface area (Å²) in [6.07, 6.45) is 0.747. The highest BCUT2D eigenvalue weighted by atomic mass is 19.1. The number of piperidine rings is 1. The smallest absolute Gasteiger partial charge is 0.414 e. The van der Waals surface area contributed by atoms with Gasteiger partial charge >= 0.3 is 6.09 Å². The lowest BCUT2D eigenvalue weighted by molar-refractivity contribution is -0.124. The quantitative estimate of drug-likeness (QED) is 0.867. The summed E-state index contributed by atoms with van der Waals surface area (Å²) in [5.74, 6) is -0.293. The molecule has 1 N–H and O–H groups in total. The van der Waals surface area contributed by atoms with Crippen molar-refractivity contribution in [2.75, 3.05) is 36.0 Å². The van der Waals surface area contributed by atoms with E-state index in [-0.39, 0.29) is 30.8 Å². The SMILES string of the molecule is CC(=O)NC[C@H]1CN(c2ccc(N3CC4CCC(C3)C4=O)c(F)c2)C(=O)O1. The molecule has 3 aliphatic rings. The van der Waals surface area contributed by atoms with Gasteiger partial charge in [-0.15, -0.1) is 0 Å². The average molecular weight is 375 g/mol. The summed E-state index contributed by atoms with van der Waals surface area (Å²) in [5.41, 5.74) is 0.883. The van der Waals surface area contributed by atoms with Gasteiger partial charge < -0.3 is 15.0 Å². The Morgan fingerprint density at radius 1 is 1.22 bits per heavy atom. The summed E-state index contributed by atoms with van der Waals surface area (Å²) in [4.78, 5) is 38.4. The van der Waals surface area contributed by atoms with Crippen molar-refractivity contribution in [3.05, 3.63) is 24.0 Å². The van der Waals surface area contributed by atoms with Crippen LogP contribution in [0, 0.1) is 17.7 Å². The minimum absolute atomic E-state index is 0.00548. The molecule has 3 fully saturated rings. The molecule has 8 heteroatoms. The Kier molecular flexibility index (Phi) is 4.49. The molecule has 27 heavy (non-hydrogen) atoms. The molecule has 0 aromatic heterocycles. The van der Waals surface area contributed by atoms with Crippen LogP contribution in [0.15, 0.2) is 18.2 Å². The number of ketones is 1. The molecular formula is C19H22FN3O4. The molecule has 3 atom stereocenters. The third-order valence-corrected chi connectivity index (χ3v) is 5.59. The third kappa shape index (κ3) is 3.36. The lowest BCUT2D eigenvalue weighted by Crippen LogP contribution is -2.42. The third-order valence-electron chi connectivity index (χ3n) is 5.59. The standard InChI is InChI=1S/C19H22FN3O4/c1-11(24)21-7-15-10-23(19(26)27-15)14-4-5-17(16(20)6-14)22-8-12-2-3-13(9-22)18(12)25/h4-6,12-13,15H,2-3,7-10H2,1H3,(H,21,24)/t12?,13?,15-/m0/s1. The molecule has 1 saturated carbocycles. The molecule has 1 aromatic carbocycles. The predicted octanol–water partition coefficient (Wildman–Crippen LogP) is 1.70. The highest BCUT2D eigenvalue weighted by molar-refractivity contribution is 5.90. The van der Waals surface area contributed by atoms with Gasteiger partial charge in [-0.25, -0.2) is 9.18 Å². The second-order valence-electron chi connectivity index (χ2n) is 7.47. The van der Waals surface area contributed by atoms with Gasteiger partial charge in [0.05, 0.1) is 24.5 Å². The number of nitrogens with zero attached hydrogens (tertiary/aromatic N) is 2. The zero-order chi connectivity index (χ0) is 19.1. The number of amides is 2. The van der Waals surface area contributed by atoms with E-state index < -0.39 is 18.0 Å². The molecule has 2 saturated heterocycles. The van der Waals surface area contributed by atoms with Crippen LogP contribution in [-0.2, 0) is 14.3 Å². The van der Waals surface area contributed by atoms with Crippen molar-refractivity contribution in [3.63, 3.8) is 0 Å². The Bertz CT molecular complexity index is 783. The van der Waals surface area contributed by atoms with E-state index in [0.717, 1.165) is 12.8 Å². The van der Waals surface area contributed by atoms with E-state index in [1.54, 1.807) is 12.1 Å². The average Bonchev–Trinajstić information content (AvgIpc) is 3.07. The number of benzene rings is 1. The summed E-state index contributed by atoms with van der Waals surface area (Å²) in [6, 6.07) is 4.68. The molecule has 2 heterocycles. The van der Waals surface area contributed by atoms with E-state index in [1.807, 2.05) is 4.90 Å². The topological polar surface area (TPSA) is 79.0 Å². The largest absolute Gasteiger partial charge is 0.442 e. The normalized spacial score (nSPS) is 27.1. The van der Waals surface area contributed by atoms with E-state index >= 15 is 0 Å². The van der Waals surface area contributed by atoms with Crippen LogP contribution >= 0.6 is 0 Å². The number of anilines is 2. The number of ether oxygens (including phenoxy) is 1. The zero-order valence-electron chi connectivity index (χ0n) is 15.1. The van der Waals surface area contributed by atoms with Crippen molar-refractivity contribution >= 4 is 29.2 Å². The van der Waals surface area contributed by atoms with E-state index in [9.17, 15) is 18.8 Å². The first kappa shape index (κ1) is 17.8. The highest BCUT2D eigenvalue weighted by Crippen LogP contribution is 2.37. The van der Waals surface area contributed by atoms with Crippen molar-refractivity contribution in [3.8, 4) is 0 Å². The van der Waals surface area contributed by atoms with E-state index in [2.05, 4.69) is 5.32 Å². The molecule has 2 unspecified atom stereocenters. The molecule has 144 valence electrons. The van der Waals surface area contributed by atoms with Crippen LogP contribution in [0.5, 0.6) is 0 Å². The Morgan fingerprint density at radius 3 is 2.56 bits per heavy atom. The van der Waals surface area contributed by atoms with Gasteiger partial charge in [-0.2, -0.15) is 0 Å². The maximum Gasteiger partial charge on any atom is 0.414 e. The second-order valence-corrected chi connectivity index (χ2v) is 7.47. The molecule has 4 rings (SSSR count). The second kappa shape index (κ2) is 6.83. The number of halogens is 1. The van der Waals surface area contributed by atoms with E-state index in [0.29, 0.717) is 30.2 Å². The van der Waals surface area contributed by atoms with Gasteiger partial charge in [0.2, 0.25) is 5.91 Å². The van der Waals surface area contributed by atoms with Gasteiger partial charge in [0, 0.05) is 31.8 Å². The number of nitrogens with one attached hydrogen (secondary N) is 1. The minimum atomic E-state index is -0.556. The number of hydrogen-bond donors (Lipinski definition) is 1. The fourth-order valence-electron chi connectivity index (χ4n) is 4.20. The Hall–Kier alpha value is -2.64. The van der Waals surface area contributed by atoms with Crippen molar-refractivity contribution in [1.82, 2.24) is 5.32 Å². The lowest BCUT2D eigenvalue weighted by Gasteiger charge is -2.33. The number of carbonyl (C=O) groups excluding carboxylic acids is 3.